The Bertz CT molecular complexity index is 860. The summed E-state index contributed by atoms with van der Waals surface area (Å²) in [6.45, 7) is 27.0. The predicted octanol–water partition coefficient (Wildman–Crippen LogP) is 12.9. The number of rotatable bonds is 6. The molecule has 1 aromatic carbocycles. The number of aryl methyl sites for hydroxylation is 4. The maximum Gasteiger partial charge on any atom is 1.00 e. The number of halogens is 12. The van der Waals surface area contributed by atoms with Crippen LogP contribution in [0.2, 0.25) is 0 Å². The van der Waals surface area contributed by atoms with Crippen LogP contribution in [0.3, 0.4) is 0 Å². The summed E-state index contributed by atoms with van der Waals surface area (Å²) in [5.74, 6) is 1.07. The Morgan fingerprint density at radius 3 is 1.15 bits per heavy atom. The molecule has 1 nitrogen and oxygen atoms in total. The second-order valence-corrected chi connectivity index (χ2v) is 19.4. The van der Waals surface area contributed by atoms with E-state index in [0.717, 1.165) is 17.7 Å². The average Bonchev–Trinajstić information content (AvgIpc) is 2.52. The summed E-state index contributed by atoms with van der Waals surface area (Å²) in [7, 11) is -22.1. The van der Waals surface area contributed by atoms with E-state index in [9.17, 15) is 55.5 Å². The molecule has 40 heavy (non-hydrogen) atoms. The van der Waals surface area contributed by atoms with Crippen LogP contribution in [0.15, 0.2) is 24.3 Å². The summed E-state index contributed by atoms with van der Waals surface area (Å²) in [4.78, 5) is 0. The Hall–Kier alpha value is -0.00662. The van der Waals surface area contributed by atoms with Crippen LogP contribution >= 0.6 is 22.9 Å². The number of aliphatic hydroxyl groups is 1. The Labute approximate surface area is 243 Å². The van der Waals surface area contributed by atoms with Crippen molar-refractivity contribution in [3.8, 4) is 0 Å². The van der Waals surface area contributed by atoms with Gasteiger partial charge in [-0.15, -0.1) is 0 Å². The molecule has 0 aliphatic carbocycles. The van der Waals surface area contributed by atoms with Crippen molar-refractivity contribution in [2.24, 2.45) is 0 Å². The molecule has 1 rings (SSSR count). The first-order valence-corrected chi connectivity index (χ1v) is 18.3. The van der Waals surface area contributed by atoms with E-state index in [2.05, 4.69) is 79.7 Å². The minimum Gasteiger partial charge on any atom is -0.386 e. The SMILES string of the molecule is Cc1cc(C)c(C)cc1C.F[P-](F)(F)(F)(F)F.F[P-](F)(F)(F)(F)F.[CH2][C]([CH]C[P+](C)(C)C)CC(=C)C(C)(C)O.[Ru+]. The van der Waals surface area contributed by atoms with Crippen molar-refractivity contribution in [2.45, 2.75) is 53.6 Å². The van der Waals surface area contributed by atoms with Gasteiger partial charge in [0, 0.05) is 33.7 Å². The fourth-order valence-electron chi connectivity index (χ4n) is 2.07. The van der Waals surface area contributed by atoms with Crippen molar-refractivity contribution in [1.29, 1.82) is 0 Å². The summed E-state index contributed by atoms with van der Waals surface area (Å²) >= 11 is 0. The first-order valence-electron chi connectivity index (χ1n) is 10.9. The average molecular weight is 754 g/mol. The Kier molecular flexibility index (Phi) is 15.6. The molecule has 4 radical (unpaired) electrons. The topological polar surface area (TPSA) is 20.2 Å². The van der Waals surface area contributed by atoms with Gasteiger partial charge in [0.05, 0.1) is 11.8 Å². The van der Waals surface area contributed by atoms with E-state index in [1.807, 2.05) is 0 Å². The third-order valence-corrected chi connectivity index (χ3v) is 5.62. The number of benzene rings is 1. The van der Waals surface area contributed by atoms with E-state index < -0.39 is 28.5 Å². The molecule has 0 heterocycles. The van der Waals surface area contributed by atoms with Crippen LogP contribution in [0.25, 0.3) is 0 Å². The minimum atomic E-state index is -10.7. The van der Waals surface area contributed by atoms with Crippen molar-refractivity contribution in [3.05, 3.63) is 65.8 Å². The largest absolute Gasteiger partial charge is 1.00 e. The molecular weight excluding hydrogens is 714 g/mol. The number of hydrogen-bond donors (Lipinski definition) is 1. The molecule has 0 unspecified atom stereocenters. The molecule has 17 heteroatoms. The van der Waals surface area contributed by atoms with Crippen LogP contribution in [0.5, 0.6) is 0 Å². The Morgan fingerprint density at radius 2 is 0.975 bits per heavy atom. The molecule has 0 aliphatic rings. The van der Waals surface area contributed by atoms with E-state index in [1.54, 1.807) is 13.8 Å². The van der Waals surface area contributed by atoms with Gasteiger partial charge in [0.2, 0.25) is 0 Å². The van der Waals surface area contributed by atoms with Crippen LogP contribution in [0.1, 0.15) is 42.5 Å². The fraction of sp³-hybridized carbons (Fsp3) is 0.522. The third kappa shape index (κ3) is 50.8. The van der Waals surface area contributed by atoms with Crippen LogP contribution < -0.4 is 0 Å². The van der Waals surface area contributed by atoms with Gasteiger partial charge in [0.15, 0.2) is 0 Å². The Balaban J connectivity index is -0.000000226. The molecule has 0 spiro atoms. The second kappa shape index (κ2) is 13.3. The first-order chi connectivity index (χ1) is 16.0. The molecular formula is C23H39F12OP3Ru. The van der Waals surface area contributed by atoms with Gasteiger partial charge in [0.25, 0.3) is 0 Å². The van der Waals surface area contributed by atoms with E-state index in [4.69, 9.17) is 0 Å². The fourth-order valence-corrected chi connectivity index (χ4v) is 2.88. The molecule has 0 fully saturated rings. The Morgan fingerprint density at radius 1 is 0.750 bits per heavy atom. The zero-order chi connectivity index (χ0) is 32.8. The predicted molar refractivity (Wildman–Crippen MR) is 145 cm³/mol. The maximum atomic E-state index is 9.87. The van der Waals surface area contributed by atoms with Crippen molar-refractivity contribution in [3.63, 3.8) is 0 Å². The zero-order valence-corrected chi connectivity index (χ0v) is 28.2. The molecule has 0 saturated heterocycles. The van der Waals surface area contributed by atoms with Crippen LogP contribution in [0, 0.1) is 47.0 Å². The van der Waals surface area contributed by atoms with E-state index in [-0.39, 0.29) is 19.5 Å². The van der Waals surface area contributed by atoms with Gasteiger partial charge in [-0.2, -0.15) is 0 Å². The van der Waals surface area contributed by atoms with Gasteiger partial charge >= 0.3 is 85.5 Å². The standard InChI is InChI=1S/C13H25OP.C10H14.2F6P.Ru/c1-11(8-9-15(5,6)7)10-12(2)13(3,4)14;1-7-5-9(3)10(4)6-8(7)2;2*1-7(2,3,4,5)6;/h8,14H,1-2,9-10H2,3-7H3;5-6H,1-4H3;;;/q+1;;2*-1;+1. The van der Waals surface area contributed by atoms with Crippen molar-refractivity contribution >= 4 is 22.9 Å². The third-order valence-electron chi connectivity index (χ3n) is 4.34. The van der Waals surface area contributed by atoms with Crippen molar-refractivity contribution in [1.82, 2.24) is 0 Å². The zero-order valence-electron chi connectivity index (χ0n) is 23.7. The van der Waals surface area contributed by atoms with E-state index in [1.165, 1.54) is 22.3 Å². The first kappa shape index (κ1) is 46.9. The molecule has 1 aromatic rings. The quantitative estimate of drug-likeness (QED) is 0.133. The molecule has 0 aliphatic heterocycles. The maximum absolute atomic E-state index is 10.7. The van der Waals surface area contributed by atoms with E-state index in [0.29, 0.717) is 6.42 Å². The smallest absolute Gasteiger partial charge is 0.386 e. The van der Waals surface area contributed by atoms with Crippen molar-refractivity contribution < 1.29 is 74.9 Å². The summed E-state index contributed by atoms with van der Waals surface area (Å²) < 4.78 is 118. The molecule has 0 bridgehead atoms. The molecule has 0 amide bonds. The molecule has 1 N–H and O–H groups in total. The van der Waals surface area contributed by atoms with Gasteiger partial charge < -0.3 is 5.11 Å². The van der Waals surface area contributed by atoms with Gasteiger partial charge in [-0.1, -0.05) is 18.7 Å². The van der Waals surface area contributed by atoms with Crippen LogP contribution in [0.4, 0.5) is 50.4 Å². The summed E-state index contributed by atoms with van der Waals surface area (Å²) in [6.07, 6.45) is 4.00. The van der Waals surface area contributed by atoms with E-state index >= 15 is 0 Å². The summed E-state index contributed by atoms with van der Waals surface area (Å²) in [5.41, 5.74) is 5.60. The molecule has 244 valence electrons. The molecule has 0 atom stereocenters. The molecule has 0 saturated carbocycles. The summed E-state index contributed by atoms with van der Waals surface area (Å²) in [6, 6.07) is 4.48. The van der Waals surface area contributed by atoms with Crippen LogP contribution in [-0.2, 0) is 19.5 Å². The van der Waals surface area contributed by atoms with Gasteiger partial charge in [-0.3, -0.25) is 0 Å². The van der Waals surface area contributed by atoms with Crippen LogP contribution in [-0.4, -0.2) is 36.9 Å². The molecule has 0 aromatic heterocycles. The normalized spacial score (nSPS) is 15.6. The second-order valence-electron chi connectivity index (χ2n) is 10.6. The summed E-state index contributed by atoms with van der Waals surface area (Å²) in [5, 5.41) is 9.72. The number of hydrogen-bond acceptors (Lipinski definition) is 1. The van der Waals surface area contributed by atoms with Crippen molar-refractivity contribution in [2.75, 3.05) is 26.2 Å². The van der Waals surface area contributed by atoms with Gasteiger partial charge in [-0.05, 0) is 88.6 Å². The minimum absolute atomic E-state index is 0. The van der Waals surface area contributed by atoms with Gasteiger partial charge in [0.1, 0.15) is 0 Å². The van der Waals surface area contributed by atoms with Gasteiger partial charge in [-0.25, -0.2) is 0 Å². The monoisotopic (exact) mass is 754 g/mol.